The average molecular weight is 260 g/mol. The Bertz CT molecular complexity index is 619. The first-order valence-electron chi connectivity index (χ1n) is 5.79. The van der Waals surface area contributed by atoms with E-state index < -0.39 is 0 Å². The zero-order chi connectivity index (χ0) is 14.0. The van der Waals surface area contributed by atoms with Crippen LogP contribution in [0.4, 0.5) is 11.5 Å². The molecule has 19 heavy (non-hydrogen) atoms. The number of benzene rings is 1. The molecule has 1 aromatic carbocycles. The molecule has 2 rings (SSSR count). The lowest BCUT2D eigenvalue weighted by Crippen LogP contribution is -2.15. The number of aryl methyl sites for hydroxylation is 1. The van der Waals surface area contributed by atoms with E-state index in [1.54, 1.807) is 18.2 Å². The lowest BCUT2D eigenvalue weighted by atomic mass is 10.1. The molecule has 0 aliphatic heterocycles. The fourth-order valence-electron chi connectivity index (χ4n) is 1.64. The van der Waals surface area contributed by atoms with Crippen molar-refractivity contribution in [3.63, 3.8) is 0 Å². The number of methoxy groups -OCH3 is 1. The van der Waals surface area contributed by atoms with Crippen molar-refractivity contribution >= 4 is 17.4 Å². The van der Waals surface area contributed by atoms with Crippen LogP contribution in [0.25, 0.3) is 0 Å². The SMILES string of the molecule is COc1ccc(N)c(C(=O)Nc2n[nH]c(C)c2C)c1. The number of hydrogen-bond donors (Lipinski definition) is 3. The third-order valence-corrected chi connectivity index (χ3v) is 2.99. The second-order valence-corrected chi connectivity index (χ2v) is 4.23. The number of carbonyl (C=O) groups excluding carboxylic acids is 1. The minimum Gasteiger partial charge on any atom is -0.497 e. The third-order valence-electron chi connectivity index (χ3n) is 2.99. The van der Waals surface area contributed by atoms with Crippen LogP contribution in [0.2, 0.25) is 0 Å². The Hall–Kier alpha value is -2.50. The predicted molar refractivity (Wildman–Crippen MR) is 73.4 cm³/mol. The van der Waals surface area contributed by atoms with Gasteiger partial charge in [0, 0.05) is 16.9 Å². The molecular formula is C13H16N4O2. The van der Waals surface area contributed by atoms with Crippen molar-refractivity contribution in [1.29, 1.82) is 0 Å². The summed E-state index contributed by atoms with van der Waals surface area (Å²) in [6, 6.07) is 4.94. The number of H-pyrrole nitrogens is 1. The van der Waals surface area contributed by atoms with Crippen molar-refractivity contribution in [3.8, 4) is 5.75 Å². The molecule has 0 fully saturated rings. The van der Waals surface area contributed by atoms with Gasteiger partial charge in [0.25, 0.3) is 5.91 Å². The maximum atomic E-state index is 12.2. The highest BCUT2D eigenvalue weighted by molar-refractivity contribution is 6.07. The first-order chi connectivity index (χ1) is 9.02. The van der Waals surface area contributed by atoms with Crippen molar-refractivity contribution in [2.24, 2.45) is 0 Å². The number of anilines is 2. The Balaban J connectivity index is 2.27. The highest BCUT2D eigenvalue weighted by Gasteiger charge is 2.14. The molecule has 100 valence electrons. The monoisotopic (exact) mass is 260 g/mol. The number of nitrogens with two attached hydrogens (primary N) is 1. The topological polar surface area (TPSA) is 93.0 Å². The van der Waals surface area contributed by atoms with Crippen LogP contribution in [0, 0.1) is 13.8 Å². The fraction of sp³-hybridized carbons (Fsp3) is 0.231. The first kappa shape index (κ1) is 12.9. The van der Waals surface area contributed by atoms with Gasteiger partial charge in [-0.1, -0.05) is 0 Å². The summed E-state index contributed by atoms with van der Waals surface area (Å²) in [5.41, 5.74) is 8.36. The number of nitrogens with one attached hydrogen (secondary N) is 2. The molecule has 1 aromatic heterocycles. The van der Waals surface area contributed by atoms with Crippen LogP contribution in [-0.4, -0.2) is 23.2 Å². The molecule has 6 nitrogen and oxygen atoms in total. The number of amides is 1. The van der Waals surface area contributed by atoms with Gasteiger partial charge in [-0.15, -0.1) is 0 Å². The fourth-order valence-corrected chi connectivity index (χ4v) is 1.64. The summed E-state index contributed by atoms with van der Waals surface area (Å²) in [6.07, 6.45) is 0. The van der Waals surface area contributed by atoms with Crippen molar-refractivity contribution in [3.05, 3.63) is 35.0 Å². The summed E-state index contributed by atoms with van der Waals surface area (Å²) in [4.78, 5) is 12.2. The minimum atomic E-state index is -0.314. The summed E-state index contributed by atoms with van der Waals surface area (Å²) in [5, 5.41) is 9.56. The Morgan fingerprint density at radius 3 is 2.74 bits per heavy atom. The van der Waals surface area contributed by atoms with Crippen molar-refractivity contribution in [2.75, 3.05) is 18.2 Å². The van der Waals surface area contributed by atoms with E-state index in [1.807, 2.05) is 13.8 Å². The maximum absolute atomic E-state index is 12.2. The van der Waals surface area contributed by atoms with Gasteiger partial charge in [0.1, 0.15) is 5.75 Å². The Kier molecular flexibility index (Phi) is 3.41. The standard InChI is InChI=1S/C13H16N4O2/c1-7-8(2)16-17-12(7)15-13(18)10-6-9(19-3)4-5-11(10)14/h4-6H,14H2,1-3H3,(H2,15,16,17,18). The smallest absolute Gasteiger partial charge is 0.259 e. The van der Waals surface area contributed by atoms with E-state index in [-0.39, 0.29) is 5.91 Å². The molecule has 0 atom stereocenters. The highest BCUT2D eigenvalue weighted by atomic mass is 16.5. The molecule has 0 bridgehead atoms. The van der Waals surface area contributed by atoms with Gasteiger partial charge in [0.05, 0.1) is 12.7 Å². The molecule has 0 radical (unpaired) electrons. The van der Waals surface area contributed by atoms with E-state index in [9.17, 15) is 4.79 Å². The number of nitrogens with zero attached hydrogens (tertiary/aromatic N) is 1. The third kappa shape index (κ3) is 2.52. The number of hydrogen-bond acceptors (Lipinski definition) is 4. The zero-order valence-corrected chi connectivity index (χ0v) is 11.1. The van der Waals surface area contributed by atoms with Crippen molar-refractivity contribution in [1.82, 2.24) is 10.2 Å². The van der Waals surface area contributed by atoms with Gasteiger partial charge in [0.2, 0.25) is 0 Å². The highest BCUT2D eigenvalue weighted by Crippen LogP contribution is 2.21. The first-order valence-corrected chi connectivity index (χ1v) is 5.79. The van der Waals surface area contributed by atoms with E-state index in [0.29, 0.717) is 22.8 Å². The van der Waals surface area contributed by atoms with Crippen LogP contribution in [-0.2, 0) is 0 Å². The van der Waals surface area contributed by atoms with Crippen molar-refractivity contribution in [2.45, 2.75) is 13.8 Å². The molecule has 0 aliphatic carbocycles. The van der Waals surface area contributed by atoms with Gasteiger partial charge >= 0.3 is 0 Å². The molecule has 1 amide bonds. The number of rotatable bonds is 3. The predicted octanol–water partition coefficient (Wildman–Crippen LogP) is 1.87. The average Bonchev–Trinajstić information content (AvgIpc) is 2.71. The van der Waals surface area contributed by atoms with Crippen molar-refractivity contribution < 1.29 is 9.53 Å². The van der Waals surface area contributed by atoms with E-state index in [2.05, 4.69) is 15.5 Å². The summed E-state index contributed by atoms with van der Waals surface area (Å²) >= 11 is 0. The minimum absolute atomic E-state index is 0.314. The molecule has 0 saturated carbocycles. The second-order valence-electron chi connectivity index (χ2n) is 4.23. The summed E-state index contributed by atoms with van der Waals surface area (Å²) < 4.78 is 5.08. The van der Waals surface area contributed by atoms with Crippen LogP contribution in [0.5, 0.6) is 5.75 Å². The molecular weight excluding hydrogens is 244 g/mol. The molecule has 0 spiro atoms. The van der Waals surface area contributed by atoms with Gasteiger partial charge in [-0.3, -0.25) is 9.89 Å². The van der Waals surface area contributed by atoms with Gasteiger partial charge in [-0.25, -0.2) is 0 Å². The number of nitrogen functional groups attached to an aromatic ring is 1. The van der Waals surface area contributed by atoms with E-state index in [0.717, 1.165) is 11.3 Å². The number of aromatic nitrogens is 2. The van der Waals surface area contributed by atoms with Crippen LogP contribution < -0.4 is 15.8 Å². The molecule has 0 aliphatic rings. The van der Waals surface area contributed by atoms with Gasteiger partial charge in [0.15, 0.2) is 5.82 Å². The molecule has 6 heteroatoms. The van der Waals surface area contributed by atoms with Crippen LogP contribution in [0.15, 0.2) is 18.2 Å². The molecule has 4 N–H and O–H groups in total. The summed E-state index contributed by atoms with van der Waals surface area (Å²) in [5.74, 6) is 0.769. The summed E-state index contributed by atoms with van der Waals surface area (Å²) in [6.45, 7) is 3.77. The van der Waals surface area contributed by atoms with E-state index in [1.165, 1.54) is 7.11 Å². The van der Waals surface area contributed by atoms with E-state index in [4.69, 9.17) is 10.5 Å². The van der Waals surface area contributed by atoms with Crippen LogP contribution in [0.3, 0.4) is 0 Å². The Labute approximate surface area is 111 Å². The summed E-state index contributed by atoms with van der Waals surface area (Å²) in [7, 11) is 1.54. The number of aromatic amines is 1. The maximum Gasteiger partial charge on any atom is 0.259 e. The number of carbonyl (C=O) groups is 1. The normalized spacial score (nSPS) is 10.3. The van der Waals surface area contributed by atoms with Gasteiger partial charge in [-0.05, 0) is 32.0 Å². The molecule has 0 saturated heterocycles. The lowest BCUT2D eigenvalue weighted by molar-refractivity contribution is 0.102. The van der Waals surface area contributed by atoms with Crippen LogP contribution in [0.1, 0.15) is 21.6 Å². The van der Waals surface area contributed by atoms with E-state index >= 15 is 0 Å². The zero-order valence-electron chi connectivity index (χ0n) is 11.1. The van der Waals surface area contributed by atoms with Crippen LogP contribution >= 0.6 is 0 Å². The largest absolute Gasteiger partial charge is 0.497 e. The molecule has 1 heterocycles. The molecule has 2 aromatic rings. The quantitative estimate of drug-likeness (QED) is 0.734. The Morgan fingerprint density at radius 2 is 2.16 bits per heavy atom. The lowest BCUT2D eigenvalue weighted by Gasteiger charge is -2.08. The van der Waals surface area contributed by atoms with Gasteiger partial charge in [-0.2, -0.15) is 5.10 Å². The second kappa shape index (κ2) is 5.01. The Morgan fingerprint density at radius 1 is 1.42 bits per heavy atom. The van der Waals surface area contributed by atoms with Gasteiger partial charge < -0.3 is 15.8 Å². The molecule has 0 unspecified atom stereocenters. The number of ether oxygens (including phenoxy) is 1.